The van der Waals surface area contributed by atoms with Gasteiger partial charge in [0.15, 0.2) is 0 Å². The maximum absolute atomic E-state index is 12.3. The van der Waals surface area contributed by atoms with Crippen LogP contribution in [0.2, 0.25) is 0 Å². The number of carbonyl (C=O) groups is 2. The highest BCUT2D eigenvalue weighted by Gasteiger charge is 2.29. The van der Waals surface area contributed by atoms with Crippen molar-refractivity contribution in [2.45, 2.75) is 38.3 Å². The number of hydrogen-bond acceptors (Lipinski definition) is 3. The SMILES string of the molecule is CCC[C@@H](NC(=O)C1CNCc2ccccc21)C(=O)O. The summed E-state index contributed by atoms with van der Waals surface area (Å²) < 4.78 is 0. The lowest BCUT2D eigenvalue weighted by Gasteiger charge is -2.26. The molecule has 1 amide bonds. The molecule has 1 aliphatic heterocycles. The van der Waals surface area contributed by atoms with Crippen molar-refractivity contribution in [2.75, 3.05) is 6.54 Å². The Morgan fingerprint density at radius 3 is 2.90 bits per heavy atom. The summed E-state index contributed by atoms with van der Waals surface area (Å²) in [6.07, 6.45) is 1.17. The predicted octanol–water partition coefficient (Wildman–Crippen LogP) is 1.24. The van der Waals surface area contributed by atoms with Gasteiger partial charge in [-0.05, 0) is 17.5 Å². The van der Waals surface area contributed by atoms with E-state index in [9.17, 15) is 9.59 Å². The molecule has 1 aliphatic rings. The third-order valence-electron chi connectivity index (χ3n) is 3.60. The van der Waals surface area contributed by atoms with Crippen molar-refractivity contribution < 1.29 is 14.7 Å². The fourth-order valence-corrected chi connectivity index (χ4v) is 2.55. The summed E-state index contributed by atoms with van der Waals surface area (Å²) in [4.78, 5) is 23.5. The second-order valence-corrected chi connectivity index (χ2v) is 5.07. The standard InChI is InChI=1S/C15H20N2O3/c1-2-5-13(15(19)20)17-14(18)12-9-16-8-10-6-3-4-7-11(10)12/h3-4,6-7,12-13,16H,2,5,8-9H2,1H3,(H,17,18)(H,19,20)/t12?,13-/m1/s1. The van der Waals surface area contributed by atoms with E-state index < -0.39 is 12.0 Å². The van der Waals surface area contributed by atoms with Crippen LogP contribution in [0.5, 0.6) is 0 Å². The molecule has 0 saturated carbocycles. The van der Waals surface area contributed by atoms with Crippen molar-refractivity contribution in [3.63, 3.8) is 0 Å². The number of nitrogens with one attached hydrogen (secondary N) is 2. The highest BCUT2D eigenvalue weighted by Crippen LogP contribution is 2.24. The molecule has 0 fully saturated rings. The van der Waals surface area contributed by atoms with Gasteiger partial charge in [0.05, 0.1) is 5.92 Å². The molecule has 1 unspecified atom stereocenters. The zero-order chi connectivity index (χ0) is 14.5. The number of benzene rings is 1. The van der Waals surface area contributed by atoms with E-state index in [4.69, 9.17) is 5.11 Å². The molecule has 5 nitrogen and oxygen atoms in total. The Morgan fingerprint density at radius 1 is 1.45 bits per heavy atom. The smallest absolute Gasteiger partial charge is 0.326 e. The predicted molar refractivity (Wildman–Crippen MR) is 75.4 cm³/mol. The van der Waals surface area contributed by atoms with Crippen molar-refractivity contribution in [3.8, 4) is 0 Å². The first-order valence-electron chi connectivity index (χ1n) is 6.95. The molecule has 0 saturated heterocycles. The normalized spacial score (nSPS) is 18.9. The topological polar surface area (TPSA) is 78.4 Å². The van der Waals surface area contributed by atoms with Gasteiger partial charge >= 0.3 is 5.97 Å². The van der Waals surface area contributed by atoms with Crippen LogP contribution in [0.4, 0.5) is 0 Å². The number of carboxylic acid groups (broad SMARTS) is 1. The van der Waals surface area contributed by atoms with Crippen LogP contribution in [0, 0.1) is 0 Å². The maximum atomic E-state index is 12.3. The molecule has 2 rings (SSSR count). The van der Waals surface area contributed by atoms with Gasteiger partial charge in [-0.2, -0.15) is 0 Å². The van der Waals surface area contributed by atoms with E-state index in [1.54, 1.807) is 0 Å². The minimum absolute atomic E-state index is 0.217. The minimum Gasteiger partial charge on any atom is -0.480 e. The van der Waals surface area contributed by atoms with E-state index in [1.807, 2.05) is 31.2 Å². The molecular weight excluding hydrogens is 256 g/mol. The van der Waals surface area contributed by atoms with Crippen LogP contribution in [0.3, 0.4) is 0 Å². The van der Waals surface area contributed by atoms with Crippen LogP contribution in [0.25, 0.3) is 0 Å². The van der Waals surface area contributed by atoms with Crippen LogP contribution >= 0.6 is 0 Å². The molecule has 3 N–H and O–H groups in total. The highest BCUT2D eigenvalue weighted by molar-refractivity contribution is 5.88. The molecule has 1 aromatic rings. The first-order chi connectivity index (χ1) is 9.63. The Hall–Kier alpha value is -1.88. The van der Waals surface area contributed by atoms with E-state index in [2.05, 4.69) is 10.6 Å². The fraction of sp³-hybridized carbons (Fsp3) is 0.467. The molecule has 0 bridgehead atoms. The number of fused-ring (bicyclic) bond motifs is 1. The van der Waals surface area contributed by atoms with Crippen molar-refractivity contribution in [1.82, 2.24) is 10.6 Å². The zero-order valence-electron chi connectivity index (χ0n) is 11.6. The fourth-order valence-electron chi connectivity index (χ4n) is 2.55. The van der Waals surface area contributed by atoms with Gasteiger partial charge in [-0.25, -0.2) is 4.79 Å². The molecule has 108 valence electrons. The molecule has 20 heavy (non-hydrogen) atoms. The van der Waals surface area contributed by atoms with Gasteiger partial charge in [0.1, 0.15) is 6.04 Å². The van der Waals surface area contributed by atoms with Crippen LogP contribution in [0.15, 0.2) is 24.3 Å². The number of amides is 1. The Kier molecular flexibility index (Phi) is 4.74. The van der Waals surface area contributed by atoms with Crippen LogP contribution in [0.1, 0.15) is 36.8 Å². The lowest BCUT2D eigenvalue weighted by Crippen LogP contribution is -2.46. The Balaban J connectivity index is 2.12. The molecular formula is C15H20N2O3. The number of aliphatic carboxylic acids is 1. The molecule has 1 heterocycles. The Labute approximate surface area is 118 Å². The maximum Gasteiger partial charge on any atom is 0.326 e. The molecule has 5 heteroatoms. The summed E-state index contributed by atoms with van der Waals surface area (Å²) in [5.74, 6) is -1.51. The zero-order valence-corrected chi connectivity index (χ0v) is 11.6. The Bertz CT molecular complexity index is 502. The van der Waals surface area contributed by atoms with Crippen LogP contribution < -0.4 is 10.6 Å². The number of rotatable bonds is 5. The van der Waals surface area contributed by atoms with Crippen LogP contribution in [-0.4, -0.2) is 29.6 Å². The monoisotopic (exact) mass is 276 g/mol. The molecule has 1 aromatic carbocycles. The van der Waals surface area contributed by atoms with E-state index >= 15 is 0 Å². The van der Waals surface area contributed by atoms with E-state index in [1.165, 1.54) is 0 Å². The molecule has 0 spiro atoms. The lowest BCUT2D eigenvalue weighted by molar-refractivity contribution is -0.142. The van der Waals surface area contributed by atoms with Crippen molar-refractivity contribution in [2.24, 2.45) is 0 Å². The van der Waals surface area contributed by atoms with Gasteiger partial charge in [-0.3, -0.25) is 4.79 Å². The van der Waals surface area contributed by atoms with Gasteiger partial charge in [-0.15, -0.1) is 0 Å². The summed E-state index contributed by atoms with van der Waals surface area (Å²) in [5, 5.41) is 15.0. The number of carboxylic acids is 1. The van der Waals surface area contributed by atoms with Gasteiger partial charge < -0.3 is 15.7 Å². The minimum atomic E-state index is -0.975. The third-order valence-corrected chi connectivity index (χ3v) is 3.60. The summed E-state index contributed by atoms with van der Waals surface area (Å²) in [6, 6.07) is 6.98. The second-order valence-electron chi connectivity index (χ2n) is 5.07. The van der Waals surface area contributed by atoms with Gasteiger partial charge in [0, 0.05) is 13.1 Å². The quantitative estimate of drug-likeness (QED) is 0.756. The average Bonchev–Trinajstić information content (AvgIpc) is 2.46. The number of carbonyl (C=O) groups excluding carboxylic acids is 1. The molecule has 2 atom stereocenters. The molecule has 0 aromatic heterocycles. The summed E-state index contributed by atoms with van der Waals surface area (Å²) >= 11 is 0. The summed E-state index contributed by atoms with van der Waals surface area (Å²) in [6.45, 7) is 3.19. The number of hydrogen-bond donors (Lipinski definition) is 3. The summed E-state index contributed by atoms with van der Waals surface area (Å²) in [5.41, 5.74) is 2.09. The van der Waals surface area contributed by atoms with Crippen molar-refractivity contribution >= 4 is 11.9 Å². The van der Waals surface area contributed by atoms with E-state index in [0.29, 0.717) is 13.0 Å². The van der Waals surface area contributed by atoms with Crippen molar-refractivity contribution in [1.29, 1.82) is 0 Å². The second kappa shape index (κ2) is 6.52. The first kappa shape index (κ1) is 14.5. The third kappa shape index (κ3) is 3.17. The van der Waals surface area contributed by atoms with Crippen LogP contribution in [-0.2, 0) is 16.1 Å². The Morgan fingerprint density at radius 2 is 2.20 bits per heavy atom. The van der Waals surface area contributed by atoms with Gasteiger partial charge in [0.25, 0.3) is 0 Å². The van der Waals surface area contributed by atoms with Gasteiger partial charge in [-0.1, -0.05) is 37.6 Å². The lowest BCUT2D eigenvalue weighted by atomic mass is 9.90. The molecule has 0 radical (unpaired) electrons. The summed E-state index contributed by atoms with van der Waals surface area (Å²) in [7, 11) is 0. The largest absolute Gasteiger partial charge is 0.480 e. The molecule has 0 aliphatic carbocycles. The average molecular weight is 276 g/mol. The van der Waals surface area contributed by atoms with E-state index in [0.717, 1.165) is 24.1 Å². The highest BCUT2D eigenvalue weighted by atomic mass is 16.4. The first-order valence-corrected chi connectivity index (χ1v) is 6.95. The van der Waals surface area contributed by atoms with E-state index in [-0.39, 0.29) is 11.8 Å². The van der Waals surface area contributed by atoms with Crippen molar-refractivity contribution in [3.05, 3.63) is 35.4 Å². The van der Waals surface area contributed by atoms with Gasteiger partial charge in [0.2, 0.25) is 5.91 Å².